The minimum Gasteiger partial charge on any atom is -0.468 e. The third-order valence-corrected chi connectivity index (χ3v) is 9.10. The number of methoxy groups -OCH3 is 1. The number of hydrogen-bond acceptors (Lipinski definition) is 6. The van der Waals surface area contributed by atoms with Crippen LogP contribution >= 0.6 is 12.4 Å². The maximum absolute atomic E-state index is 12.8. The number of nitrogens with one attached hydrogen (secondary N) is 3. The van der Waals surface area contributed by atoms with Crippen molar-refractivity contribution in [1.82, 2.24) is 15.4 Å². The Morgan fingerprint density at radius 3 is 2.21 bits per heavy atom. The smallest absolute Gasteiger partial charge is 0.323 e. The third kappa shape index (κ3) is 9.31. The lowest BCUT2D eigenvalue weighted by Gasteiger charge is -2.31. The van der Waals surface area contributed by atoms with Crippen molar-refractivity contribution in [3.05, 3.63) is 71.3 Å². The zero-order valence-electron chi connectivity index (χ0n) is 22.4. The van der Waals surface area contributed by atoms with Crippen LogP contribution in [0.1, 0.15) is 72.3 Å². The summed E-state index contributed by atoms with van der Waals surface area (Å²) in [5.74, 6) is -0.119. The average Bonchev–Trinajstić information content (AvgIpc) is 2.94. The van der Waals surface area contributed by atoms with E-state index in [9.17, 15) is 18.0 Å². The first-order valence-corrected chi connectivity index (χ1v) is 15.2. The van der Waals surface area contributed by atoms with Crippen LogP contribution in [0.15, 0.2) is 54.6 Å². The van der Waals surface area contributed by atoms with Crippen LogP contribution in [0.3, 0.4) is 0 Å². The molecule has 1 aliphatic carbocycles. The maximum Gasteiger partial charge on any atom is 0.323 e. The highest BCUT2D eigenvalue weighted by Crippen LogP contribution is 2.29. The van der Waals surface area contributed by atoms with E-state index in [1.807, 2.05) is 18.2 Å². The second kappa shape index (κ2) is 14.8. The Morgan fingerprint density at radius 2 is 1.59 bits per heavy atom. The van der Waals surface area contributed by atoms with Crippen molar-refractivity contribution in [3.63, 3.8) is 0 Å². The van der Waals surface area contributed by atoms with Gasteiger partial charge in [0.1, 0.15) is 6.04 Å². The van der Waals surface area contributed by atoms with Crippen LogP contribution in [0.5, 0.6) is 0 Å². The molecule has 2 aliphatic rings. The highest BCUT2D eigenvalue weighted by molar-refractivity contribution is 7.88. The van der Waals surface area contributed by atoms with Crippen molar-refractivity contribution in [2.75, 3.05) is 20.2 Å². The van der Waals surface area contributed by atoms with Crippen LogP contribution in [0.25, 0.3) is 0 Å². The van der Waals surface area contributed by atoms with E-state index in [0.29, 0.717) is 23.5 Å². The summed E-state index contributed by atoms with van der Waals surface area (Å²) in [4.78, 5) is 25.2. The second-order valence-corrected chi connectivity index (χ2v) is 12.3. The normalized spacial score (nSPS) is 20.8. The van der Waals surface area contributed by atoms with Crippen LogP contribution in [-0.4, -0.2) is 52.6 Å². The summed E-state index contributed by atoms with van der Waals surface area (Å²) in [7, 11) is -2.45. The first-order chi connectivity index (χ1) is 18.3. The molecule has 1 aliphatic heterocycles. The predicted molar refractivity (Wildman–Crippen MR) is 154 cm³/mol. The number of ether oxygens (including phenoxy) is 1. The molecule has 8 nitrogen and oxygen atoms in total. The molecule has 2 aromatic carbocycles. The zero-order chi connectivity index (χ0) is 27.0. The molecule has 0 aromatic heterocycles. The summed E-state index contributed by atoms with van der Waals surface area (Å²) in [5.41, 5.74) is 2.62. The topological polar surface area (TPSA) is 114 Å². The molecule has 4 rings (SSSR count). The Hall–Kier alpha value is -2.46. The number of benzene rings is 2. The van der Waals surface area contributed by atoms with Gasteiger partial charge in [-0.2, -0.15) is 0 Å². The molecule has 1 saturated carbocycles. The third-order valence-electron chi connectivity index (χ3n) is 7.74. The van der Waals surface area contributed by atoms with E-state index in [1.165, 1.54) is 12.7 Å². The van der Waals surface area contributed by atoms with Gasteiger partial charge in [-0.1, -0.05) is 42.5 Å². The molecule has 1 saturated heterocycles. The number of carbonyl (C=O) groups excluding carboxylic acids is 2. The molecule has 10 heteroatoms. The van der Waals surface area contributed by atoms with Gasteiger partial charge in [-0.05, 0) is 93.1 Å². The molecule has 1 atom stereocenters. The predicted octanol–water partition coefficient (Wildman–Crippen LogP) is 3.92. The number of piperidine rings is 1. The summed E-state index contributed by atoms with van der Waals surface area (Å²) >= 11 is 0. The van der Waals surface area contributed by atoms with Gasteiger partial charge in [-0.25, -0.2) is 13.1 Å². The fourth-order valence-electron chi connectivity index (χ4n) is 5.59. The molecule has 1 unspecified atom stereocenters. The van der Waals surface area contributed by atoms with E-state index in [-0.39, 0.29) is 36.0 Å². The second-order valence-electron chi connectivity index (χ2n) is 10.5. The molecule has 1 heterocycles. The molecule has 0 radical (unpaired) electrons. The molecule has 1 amide bonds. The van der Waals surface area contributed by atoms with Gasteiger partial charge in [-0.3, -0.25) is 9.59 Å². The molecule has 214 valence electrons. The van der Waals surface area contributed by atoms with E-state index in [1.54, 1.807) is 24.3 Å². The summed E-state index contributed by atoms with van der Waals surface area (Å²) < 4.78 is 32.9. The Morgan fingerprint density at radius 1 is 0.949 bits per heavy atom. The van der Waals surface area contributed by atoms with E-state index in [0.717, 1.165) is 51.6 Å². The fourth-order valence-corrected chi connectivity index (χ4v) is 6.93. The van der Waals surface area contributed by atoms with Crippen LogP contribution in [0.4, 0.5) is 0 Å². The Bertz CT molecular complexity index is 1160. The Labute approximate surface area is 238 Å². The highest BCUT2D eigenvalue weighted by Gasteiger charge is 2.31. The lowest BCUT2D eigenvalue weighted by molar-refractivity contribution is -0.143. The number of amides is 1. The van der Waals surface area contributed by atoms with Gasteiger partial charge < -0.3 is 15.4 Å². The van der Waals surface area contributed by atoms with Crippen LogP contribution in [-0.2, 0) is 25.3 Å². The number of hydrogen-bond donors (Lipinski definition) is 3. The van der Waals surface area contributed by atoms with Crippen molar-refractivity contribution < 1.29 is 22.7 Å². The first-order valence-electron chi connectivity index (χ1n) is 13.6. The molecule has 0 spiro atoms. The van der Waals surface area contributed by atoms with Crippen LogP contribution in [0, 0.1) is 5.92 Å². The van der Waals surface area contributed by atoms with Crippen molar-refractivity contribution in [2.24, 2.45) is 5.92 Å². The molecule has 3 N–H and O–H groups in total. The number of sulfonamides is 1. The van der Waals surface area contributed by atoms with Gasteiger partial charge in [0.05, 0.1) is 12.9 Å². The molecular formula is C29H40ClN3O5S. The van der Waals surface area contributed by atoms with E-state index in [4.69, 9.17) is 4.74 Å². The Kier molecular flexibility index (Phi) is 11.8. The molecule has 39 heavy (non-hydrogen) atoms. The lowest BCUT2D eigenvalue weighted by Crippen LogP contribution is -2.44. The average molecular weight is 578 g/mol. The standard InChI is InChI=1S/C29H39N3O5S.ClH/c1-37-29(34)27(32-38(35,36)20-22-5-3-2-4-6-22)19-21-7-13-26(14-8-21)31-28(33)25-11-9-23(10-12-25)24-15-17-30-18-16-24;/h2-6,9-12,21,24,26-27,30,32H,7-8,13-20H2,1H3,(H,31,33);1H/t21-,26-,27?;. The zero-order valence-corrected chi connectivity index (χ0v) is 24.1. The minimum atomic E-state index is -3.72. The lowest BCUT2D eigenvalue weighted by atomic mass is 9.82. The number of halogens is 1. The fraction of sp³-hybridized carbons (Fsp3) is 0.517. The highest BCUT2D eigenvalue weighted by atomic mass is 35.5. The summed E-state index contributed by atoms with van der Waals surface area (Å²) in [5, 5.41) is 6.54. The summed E-state index contributed by atoms with van der Waals surface area (Å²) in [6.07, 6.45) is 5.79. The maximum atomic E-state index is 12.8. The van der Waals surface area contributed by atoms with Gasteiger partial charge in [0.25, 0.3) is 5.91 Å². The van der Waals surface area contributed by atoms with Crippen molar-refractivity contribution in [2.45, 2.75) is 68.7 Å². The number of carbonyl (C=O) groups is 2. The van der Waals surface area contributed by atoms with Gasteiger partial charge >= 0.3 is 5.97 Å². The Balaban J connectivity index is 0.00000420. The first kappa shape index (κ1) is 31.1. The molecule has 2 aromatic rings. The monoisotopic (exact) mass is 577 g/mol. The van der Waals surface area contributed by atoms with E-state index in [2.05, 4.69) is 27.5 Å². The van der Waals surface area contributed by atoms with Crippen LogP contribution in [0.2, 0.25) is 0 Å². The largest absolute Gasteiger partial charge is 0.468 e. The van der Waals surface area contributed by atoms with Gasteiger partial charge in [0.15, 0.2) is 0 Å². The SMILES string of the molecule is COC(=O)C(C[C@H]1CC[C@H](NC(=O)c2ccc(C3CCNCC3)cc2)CC1)NS(=O)(=O)Cc1ccccc1.Cl. The van der Waals surface area contributed by atoms with Crippen LogP contribution < -0.4 is 15.4 Å². The minimum absolute atomic E-state index is 0. The molecular weight excluding hydrogens is 538 g/mol. The van der Waals surface area contributed by atoms with E-state index < -0.39 is 22.0 Å². The van der Waals surface area contributed by atoms with Crippen molar-refractivity contribution in [3.8, 4) is 0 Å². The van der Waals surface area contributed by atoms with Gasteiger partial charge in [0, 0.05) is 11.6 Å². The quantitative estimate of drug-likeness (QED) is 0.369. The summed E-state index contributed by atoms with van der Waals surface area (Å²) in [6, 6.07) is 16.0. The number of rotatable bonds is 10. The molecule has 0 bridgehead atoms. The summed E-state index contributed by atoms with van der Waals surface area (Å²) in [6.45, 7) is 2.07. The van der Waals surface area contributed by atoms with Gasteiger partial charge in [-0.15, -0.1) is 12.4 Å². The number of esters is 1. The molecule has 2 fully saturated rings. The van der Waals surface area contributed by atoms with Crippen molar-refractivity contribution >= 4 is 34.3 Å². The van der Waals surface area contributed by atoms with E-state index >= 15 is 0 Å². The van der Waals surface area contributed by atoms with Crippen molar-refractivity contribution in [1.29, 1.82) is 0 Å². The van der Waals surface area contributed by atoms with Gasteiger partial charge in [0.2, 0.25) is 10.0 Å².